The van der Waals surface area contributed by atoms with Gasteiger partial charge in [0.05, 0.1) is 12.5 Å². The number of hydrogen-bond donors (Lipinski definition) is 0. The molecule has 2 aromatic carbocycles. The normalized spacial score (nSPS) is 17.3. The highest BCUT2D eigenvalue weighted by atomic mass is 16.6. The highest BCUT2D eigenvalue weighted by molar-refractivity contribution is 5.82. The minimum atomic E-state index is -0.879. The van der Waals surface area contributed by atoms with Gasteiger partial charge in [0.2, 0.25) is 0 Å². The van der Waals surface area contributed by atoms with Gasteiger partial charge in [-0.15, -0.1) is 0 Å². The molecule has 7 heteroatoms. The Balaban J connectivity index is 1.66. The lowest BCUT2D eigenvalue weighted by Crippen LogP contribution is -2.41. The topological polar surface area (TPSA) is 82.1 Å². The Labute approximate surface area is 207 Å². The van der Waals surface area contributed by atoms with E-state index in [1.807, 2.05) is 74.5 Å². The first-order valence-corrected chi connectivity index (χ1v) is 12.4. The molecule has 0 saturated carbocycles. The number of rotatable bonds is 11. The third kappa shape index (κ3) is 7.84. The highest BCUT2D eigenvalue weighted by Gasteiger charge is 2.43. The SMILES string of the molecule is CCCC(CCC)C(=O)OC1C[C@@H](C(=O)OCc2ccccc2)N(C(=O)OCc2ccccc2)C1. The van der Waals surface area contributed by atoms with Gasteiger partial charge in [0.1, 0.15) is 25.4 Å². The van der Waals surface area contributed by atoms with Gasteiger partial charge in [-0.2, -0.15) is 0 Å². The molecule has 1 aliphatic heterocycles. The van der Waals surface area contributed by atoms with Crippen LogP contribution in [0.1, 0.15) is 57.1 Å². The Hall–Kier alpha value is -3.35. The molecule has 0 aromatic heterocycles. The van der Waals surface area contributed by atoms with Crippen molar-refractivity contribution in [2.75, 3.05) is 6.54 Å². The molecule has 1 amide bonds. The van der Waals surface area contributed by atoms with E-state index in [2.05, 4.69) is 0 Å². The number of carbonyl (C=O) groups is 3. The second-order valence-electron chi connectivity index (χ2n) is 8.87. The summed E-state index contributed by atoms with van der Waals surface area (Å²) in [5.41, 5.74) is 1.69. The fourth-order valence-electron chi connectivity index (χ4n) is 4.27. The largest absolute Gasteiger partial charge is 0.460 e. The van der Waals surface area contributed by atoms with E-state index in [1.165, 1.54) is 4.90 Å². The molecule has 3 rings (SSSR count). The minimum Gasteiger partial charge on any atom is -0.460 e. The number of ether oxygens (including phenoxy) is 3. The lowest BCUT2D eigenvalue weighted by Gasteiger charge is -2.22. The maximum absolute atomic E-state index is 13.0. The monoisotopic (exact) mass is 481 g/mol. The highest BCUT2D eigenvalue weighted by Crippen LogP contribution is 2.26. The molecule has 188 valence electrons. The molecule has 2 atom stereocenters. The van der Waals surface area contributed by atoms with E-state index in [0.717, 1.165) is 36.8 Å². The van der Waals surface area contributed by atoms with Crippen molar-refractivity contribution in [1.82, 2.24) is 4.90 Å². The molecule has 0 radical (unpaired) electrons. The molecule has 0 bridgehead atoms. The van der Waals surface area contributed by atoms with Gasteiger partial charge < -0.3 is 14.2 Å². The van der Waals surface area contributed by atoms with Crippen LogP contribution in [0.2, 0.25) is 0 Å². The third-order valence-corrected chi connectivity index (χ3v) is 6.09. The van der Waals surface area contributed by atoms with Crippen LogP contribution >= 0.6 is 0 Å². The summed E-state index contributed by atoms with van der Waals surface area (Å²) in [6, 6.07) is 17.8. The molecule has 1 saturated heterocycles. The van der Waals surface area contributed by atoms with E-state index in [9.17, 15) is 14.4 Å². The molecule has 2 aromatic rings. The van der Waals surface area contributed by atoms with Crippen LogP contribution in [0.15, 0.2) is 60.7 Å². The molecule has 1 aliphatic rings. The quantitative estimate of drug-likeness (QED) is 0.321. The fourth-order valence-corrected chi connectivity index (χ4v) is 4.27. The molecule has 0 N–H and O–H groups in total. The van der Waals surface area contributed by atoms with Gasteiger partial charge in [-0.3, -0.25) is 9.69 Å². The third-order valence-electron chi connectivity index (χ3n) is 6.09. The van der Waals surface area contributed by atoms with Crippen molar-refractivity contribution >= 4 is 18.0 Å². The van der Waals surface area contributed by atoms with Crippen LogP contribution in [0.25, 0.3) is 0 Å². The lowest BCUT2D eigenvalue weighted by molar-refractivity contribution is -0.155. The van der Waals surface area contributed by atoms with Crippen molar-refractivity contribution in [2.24, 2.45) is 5.92 Å². The molecular weight excluding hydrogens is 446 g/mol. The van der Waals surface area contributed by atoms with Crippen LogP contribution in [0, 0.1) is 5.92 Å². The Morgan fingerprint density at radius 3 is 1.94 bits per heavy atom. The molecule has 1 unspecified atom stereocenters. The summed E-state index contributed by atoms with van der Waals surface area (Å²) in [5.74, 6) is -0.982. The Kier molecular flexibility index (Phi) is 10.1. The van der Waals surface area contributed by atoms with Crippen LogP contribution < -0.4 is 0 Å². The maximum atomic E-state index is 13.0. The van der Waals surface area contributed by atoms with Gasteiger partial charge in [0.15, 0.2) is 0 Å². The molecule has 7 nitrogen and oxygen atoms in total. The first-order valence-electron chi connectivity index (χ1n) is 12.4. The number of hydrogen-bond acceptors (Lipinski definition) is 6. The van der Waals surface area contributed by atoms with E-state index in [-0.39, 0.29) is 38.1 Å². The fraction of sp³-hybridized carbons (Fsp3) is 0.464. The summed E-state index contributed by atoms with van der Waals surface area (Å²) in [6.45, 7) is 4.35. The Morgan fingerprint density at radius 1 is 0.857 bits per heavy atom. The van der Waals surface area contributed by atoms with E-state index in [1.54, 1.807) is 0 Å². The number of likely N-dealkylation sites (tertiary alicyclic amines) is 1. The van der Waals surface area contributed by atoms with Gasteiger partial charge in [-0.05, 0) is 24.0 Å². The molecule has 0 aliphatic carbocycles. The molecular formula is C28H35NO6. The Morgan fingerprint density at radius 2 is 1.40 bits per heavy atom. The number of esters is 2. The average Bonchev–Trinajstić information content (AvgIpc) is 3.31. The predicted molar refractivity (Wildman–Crippen MR) is 131 cm³/mol. The Bertz CT molecular complexity index is 879. The zero-order valence-electron chi connectivity index (χ0n) is 20.6. The number of nitrogens with zero attached hydrogens (tertiary/aromatic N) is 1. The summed E-state index contributed by atoms with van der Waals surface area (Å²) in [4.78, 5) is 40.0. The van der Waals surface area contributed by atoms with Gasteiger partial charge in [-0.1, -0.05) is 87.4 Å². The van der Waals surface area contributed by atoms with E-state index < -0.39 is 24.2 Å². The van der Waals surface area contributed by atoms with Crippen molar-refractivity contribution in [3.8, 4) is 0 Å². The van der Waals surface area contributed by atoms with Crippen molar-refractivity contribution in [2.45, 2.75) is 71.3 Å². The summed E-state index contributed by atoms with van der Waals surface area (Å²) in [6.07, 6.45) is 2.25. The smallest absolute Gasteiger partial charge is 0.410 e. The van der Waals surface area contributed by atoms with Gasteiger partial charge >= 0.3 is 18.0 Å². The zero-order chi connectivity index (χ0) is 25.0. The zero-order valence-corrected chi connectivity index (χ0v) is 20.6. The number of carbonyl (C=O) groups excluding carboxylic acids is 3. The summed E-state index contributed by atoms with van der Waals surface area (Å²) in [7, 11) is 0. The van der Waals surface area contributed by atoms with E-state index in [0.29, 0.717) is 0 Å². The standard InChI is InChI=1S/C28H35NO6/c1-3-11-23(12-4-2)26(30)35-24-17-25(27(31)33-19-21-13-7-5-8-14-21)29(18-24)28(32)34-20-22-15-9-6-10-16-22/h5-10,13-16,23-25H,3-4,11-12,17-20H2,1-2H3/t24?,25-/m0/s1. The number of benzene rings is 2. The van der Waals surface area contributed by atoms with Crippen LogP contribution in [0.5, 0.6) is 0 Å². The minimum absolute atomic E-state index is 0.0848. The second kappa shape index (κ2) is 13.5. The van der Waals surface area contributed by atoms with Crippen LogP contribution in [-0.4, -0.2) is 41.6 Å². The van der Waals surface area contributed by atoms with Crippen LogP contribution in [0.4, 0.5) is 4.79 Å². The van der Waals surface area contributed by atoms with E-state index in [4.69, 9.17) is 14.2 Å². The van der Waals surface area contributed by atoms with Crippen LogP contribution in [0.3, 0.4) is 0 Å². The maximum Gasteiger partial charge on any atom is 0.410 e. The number of amides is 1. The first kappa shape index (κ1) is 26.3. The van der Waals surface area contributed by atoms with Crippen molar-refractivity contribution in [3.05, 3.63) is 71.8 Å². The molecule has 1 heterocycles. The lowest BCUT2D eigenvalue weighted by atomic mass is 9.98. The van der Waals surface area contributed by atoms with Gasteiger partial charge in [-0.25, -0.2) is 9.59 Å². The molecule has 35 heavy (non-hydrogen) atoms. The van der Waals surface area contributed by atoms with Crippen molar-refractivity contribution in [1.29, 1.82) is 0 Å². The van der Waals surface area contributed by atoms with E-state index >= 15 is 0 Å². The summed E-state index contributed by atoms with van der Waals surface area (Å²) in [5, 5.41) is 0. The first-order chi connectivity index (χ1) is 17.0. The van der Waals surface area contributed by atoms with Crippen molar-refractivity contribution in [3.63, 3.8) is 0 Å². The predicted octanol–water partition coefficient (Wildman–Crippen LogP) is 5.27. The second-order valence-corrected chi connectivity index (χ2v) is 8.87. The molecule has 1 fully saturated rings. The van der Waals surface area contributed by atoms with Gasteiger partial charge in [0, 0.05) is 6.42 Å². The summed E-state index contributed by atoms with van der Waals surface area (Å²) >= 11 is 0. The van der Waals surface area contributed by atoms with Crippen molar-refractivity contribution < 1.29 is 28.6 Å². The summed E-state index contributed by atoms with van der Waals surface area (Å²) < 4.78 is 16.7. The van der Waals surface area contributed by atoms with Crippen LogP contribution in [-0.2, 0) is 37.0 Å². The average molecular weight is 482 g/mol. The molecule has 0 spiro atoms. The van der Waals surface area contributed by atoms with Gasteiger partial charge in [0.25, 0.3) is 0 Å².